The van der Waals surface area contributed by atoms with Gasteiger partial charge in [-0.3, -0.25) is 14.7 Å². The topological polar surface area (TPSA) is 99.8 Å². The number of aromatic nitrogens is 3. The van der Waals surface area contributed by atoms with Crippen LogP contribution in [0.2, 0.25) is 0 Å². The van der Waals surface area contributed by atoms with Gasteiger partial charge in [-0.15, -0.1) is 0 Å². The van der Waals surface area contributed by atoms with Crippen LogP contribution in [0.4, 0.5) is 5.69 Å². The molecule has 1 aromatic heterocycles. The zero-order valence-electron chi connectivity index (χ0n) is 17.8. The fourth-order valence-corrected chi connectivity index (χ4v) is 3.41. The normalized spacial score (nSPS) is 15.2. The number of hydrogen-bond donors (Lipinski definition) is 3. The Balaban J connectivity index is 1.48. The lowest BCUT2D eigenvalue weighted by Crippen LogP contribution is -2.47. The van der Waals surface area contributed by atoms with E-state index in [0.717, 1.165) is 30.7 Å². The number of hydrogen-bond acceptors (Lipinski definition) is 4. The molecule has 31 heavy (non-hydrogen) atoms. The Kier molecular flexibility index (Phi) is 6.11. The van der Waals surface area contributed by atoms with Crippen LogP contribution in [-0.2, 0) is 4.79 Å². The molecule has 160 valence electrons. The average molecular weight is 418 g/mol. The first kappa shape index (κ1) is 20.8. The molecule has 0 bridgehead atoms. The molecule has 7 nitrogen and oxygen atoms in total. The second-order valence-corrected chi connectivity index (χ2v) is 8.09. The zero-order chi connectivity index (χ0) is 21.8. The predicted molar refractivity (Wildman–Crippen MR) is 120 cm³/mol. The molecule has 1 heterocycles. The summed E-state index contributed by atoms with van der Waals surface area (Å²) < 4.78 is 0. The van der Waals surface area contributed by atoms with Crippen LogP contribution in [0, 0.1) is 5.92 Å². The van der Waals surface area contributed by atoms with Crippen molar-refractivity contribution >= 4 is 17.5 Å². The molecule has 4 rings (SSSR count). The lowest BCUT2D eigenvalue weighted by atomic mass is 9.97. The van der Waals surface area contributed by atoms with Crippen molar-refractivity contribution < 1.29 is 9.59 Å². The second-order valence-electron chi connectivity index (χ2n) is 8.09. The highest BCUT2D eigenvalue weighted by atomic mass is 16.2. The van der Waals surface area contributed by atoms with Gasteiger partial charge in [0.15, 0.2) is 5.82 Å². The van der Waals surface area contributed by atoms with E-state index in [9.17, 15) is 9.59 Å². The number of nitrogens with zero attached hydrogens (tertiary/aromatic N) is 2. The molecule has 3 aromatic rings. The third-order valence-electron chi connectivity index (χ3n) is 5.67. The van der Waals surface area contributed by atoms with Gasteiger partial charge in [-0.25, -0.2) is 4.98 Å². The molecule has 2 aromatic carbocycles. The molecule has 1 fully saturated rings. The molecule has 1 saturated carbocycles. The number of rotatable bonds is 8. The van der Waals surface area contributed by atoms with Gasteiger partial charge in [-0.05, 0) is 43.0 Å². The molecule has 0 saturated heterocycles. The van der Waals surface area contributed by atoms with E-state index in [1.165, 1.54) is 0 Å². The third kappa shape index (κ3) is 4.99. The molecule has 0 radical (unpaired) electrons. The first-order valence-corrected chi connectivity index (χ1v) is 10.7. The van der Waals surface area contributed by atoms with E-state index < -0.39 is 6.04 Å². The monoisotopic (exact) mass is 417 g/mol. The Hall–Kier alpha value is -3.48. The predicted octanol–water partition coefficient (Wildman–Crippen LogP) is 4.13. The smallest absolute Gasteiger partial charge is 0.251 e. The fraction of sp³-hybridized carbons (Fsp3) is 0.333. The van der Waals surface area contributed by atoms with Crippen molar-refractivity contribution in [2.75, 3.05) is 5.32 Å². The number of aromatic amines is 1. The summed E-state index contributed by atoms with van der Waals surface area (Å²) in [4.78, 5) is 30.3. The standard InChI is InChI=1S/C24H27N5O2/c1-3-15(2)20(26-23(30)17-8-5-4-6-9-17)24(31)25-19-11-7-10-18(14-19)22-27-21(28-29-22)16-12-13-16/h4-11,14-16,20H,3,12-13H2,1-2H3,(H,25,31)(H,26,30)(H,27,28,29). The zero-order valence-corrected chi connectivity index (χ0v) is 17.8. The van der Waals surface area contributed by atoms with Gasteiger partial charge in [0.05, 0.1) is 0 Å². The number of nitrogens with one attached hydrogen (secondary N) is 3. The van der Waals surface area contributed by atoms with Gasteiger partial charge in [0.1, 0.15) is 11.9 Å². The van der Waals surface area contributed by atoms with Crippen molar-refractivity contribution in [1.29, 1.82) is 0 Å². The average Bonchev–Trinajstić information content (AvgIpc) is 3.53. The van der Waals surface area contributed by atoms with Gasteiger partial charge in [0.2, 0.25) is 5.91 Å². The maximum atomic E-state index is 13.1. The minimum atomic E-state index is -0.647. The quantitative estimate of drug-likeness (QED) is 0.513. The van der Waals surface area contributed by atoms with Gasteiger partial charge in [-0.2, -0.15) is 5.10 Å². The molecule has 2 amide bonds. The Morgan fingerprint density at radius 3 is 2.61 bits per heavy atom. The van der Waals surface area contributed by atoms with E-state index in [1.807, 2.05) is 44.2 Å². The van der Waals surface area contributed by atoms with Crippen molar-refractivity contribution in [2.45, 2.75) is 45.1 Å². The maximum absolute atomic E-state index is 13.1. The van der Waals surface area contributed by atoms with E-state index in [1.54, 1.807) is 24.3 Å². The maximum Gasteiger partial charge on any atom is 0.251 e. The highest BCUT2D eigenvalue weighted by Gasteiger charge is 2.28. The molecular weight excluding hydrogens is 390 g/mol. The Morgan fingerprint density at radius 2 is 1.90 bits per heavy atom. The number of amides is 2. The Bertz CT molecular complexity index is 1060. The largest absolute Gasteiger partial charge is 0.340 e. The highest BCUT2D eigenvalue weighted by molar-refractivity contribution is 6.01. The molecule has 1 aliphatic carbocycles. The minimum absolute atomic E-state index is 0.0232. The van der Waals surface area contributed by atoms with Crippen LogP contribution in [0.3, 0.4) is 0 Å². The number of carbonyl (C=O) groups excluding carboxylic acids is 2. The van der Waals surface area contributed by atoms with Gasteiger partial charge < -0.3 is 10.6 Å². The van der Waals surface area contributed by atoms with Gasteiger partial charge >= 0.3 is 0 Å². The van der Waals surface area contributed by atoms with Crippen molar-refractivity contribution in [2.24, 2.45) is 5.92 Å². The van der Waals surface area contributed by atoms with Crippen LogP contribution < -0.4 is 10.6 Å². The van der Waals surface area contributed by atoms with Crippen molar-refractivity contribution in [3.05, 3.63) is 66.0 Å². The van der Waals surface area contributed by atoms with Gasteiger partial charge in [0, 0.05) is 22.7 Å². The SMILES string of the molecule is CCC(C)C(NC(=O)c1ccccc1)C(=O)Nc1cccc(-c2n[nH]c(C3CC3)n2)c1. The molecule has 0 spiro atoms. The number of anilines is 1. The second kappa shape index (κ2) is 9.12. The van der Waals surface area contributed by atoms with Crippen LogP contribution in [0.1, 0.15) is 55.2 Å². The molecule has 0 aliphatic heterocycles. The molecule has 1 aliphatic rings. The molecule has 2 atom stereocenters. The van der Waals surface area contributed by atoms with Gasteiger partial charge in [0.25, 0.3) is 5.91 Å². The van der Waals surface area contributed by atoms with Gasteiger partial charge in [-0.1, -0.05) is 50.6 Å². The van der Waals surface area contributed by atoms with Crippen LogP contribution in [0.5, 0.6) is 0 Å². The summed E-state index contributed by atoms with van der Waals surface area (Å²) in [6.07, 6.45) is 3.06. The van der Waals surface area contributed by atoms with Crippen LogP contribution >= 0.6 is 0 Å². The molecule has 3 N–H and O–H groups in total. The summed E-state index contributed by atoms with van der Waals surface area (Å²) in [5, 5.41) is 13.2. The van der Waals surface area contributed by atoms with E-state index in [4.69, 9.17) is 0 Å². The number of carbonyl (C=O) groups is 2. The third-order valence-corrected chi connectivity index (χ3v) is 5.67. The van der Waals surface area contributed by atoms with Crippen molar-refractivity contribution in [3.8, 4) is 11.4 Å². The van der Waals surface area contributed by atoms with E-state index in [0.29, 0.717) is 23.0 Å². The Morgan fingerprint density at radius 1 is 1.13 bits per heavy atom. The van der Waals surface area contributed by atoms with Crippen LogP contribution in [0.25, 0.3) is 11.4 Å². The first-order chi connectivity index (χ1) is 15.0. The van der Waals surface area contributed by atoms with E-state index in [2.05, 4.69) is 25.8 Å². The summed E-state index contributed by atoms with van der Waals surface area (Å²) >= 11 is 0. The van der Waals surface area contributed by atoms with Crippen LogP contribution in [-0.4, -0.2) is 33.0 Å². The molecule has 2 unspecified atom stereocenters. The summed E-state index contributed by atoms with van der Waals surface area (Å²) in [6, 6.07) is 15.7. The van der Waals surface area contributed by atoms with Crippen LogP contribution in [0.15, 0.2) is 54.6 Å². The Labute approximate surface area is 181 Å². The van der Waals surface area contributed by atoms with Crippen molar-refractivity contribution in [1.82, 2.24) is 20.5 Å². The summed E-state index contributed by atoms with van der Waals surface area (Å²) in [5.41, 5.74) is 2.00. The summed E-state index contributed by atoms with van der Waals surface area (Å²) in [7, 11) is 0. The van der Waals surface area contributed by atoms with E-state index in [-0.39, 0.29) is 17.7 Å². The number of benzene rings is 2. The number of H-pyrrole nitrogens is 1. The summed E-state index contributed by atoms with van der Waals surface area (Å²) in [6.45, 7) is 3.96. The highest BCUT2D eigenvalue weighted by Crippen LogP contribution is 2.38. The molecular formula is C24H27N5O2. The first-order valence-electron chi connectivity index (χ1n) is 10.7. The summed E-state index contributed by atoms with van der Waals surface area (Å²) in [5.74, 6) is 1.50. The lowest BCUT2D eigenvalue weighted by Gasteiger charge is -2.23. The minimum Gasteiger partial charge on any atom is -0.340 e. The van der Waals surface area contributed by atoms with Crippen molar-refractivity contribution in [3.63, 3.8) is 0 Å². The molecule has 7 heteroatoms. The fourth-order valence-electron chi connectivity index (χ4n) is 3.41. The lowest BCUT2D eigenvalue weighted by molar-refractivity contribution is -0.119. The van der Waals surface area contributed by atoms with E-state index >= 15 is 0 Å².